The number of esters is 1. The average molecular weight is 331 g/mol. The maximum Gasteiger partial charge on any atom is 0.340 e. The number of hydrogen-bond donors (Lipinski definition) is 2. The van der Waals surface area contributed by atoms with Crippen molar-refractivity contribution >= 4 is 11.9 Å². The van der Waals surface area contributed by atoms with Crippen molar-refractivity contribution in [3.05, 3.63) is 46.8 Å². The zero-order valence-corrected chi connectivity index (χ0v) is 14.4. The largest absolute Gasteiger partial charge is 0.507 e. The first kappa shape index (κ1) is 17.6. The highest BCUT2D eigenvalue weighted by Gasteiger charge is 2.23. The molecule has 0 aliphatic carbocycles. The number of aromatic hydroxyl groups is 1. The number of aromatic carboxylic acids is 1. The lowest BCUT2D eigenvalue weighted by molar-refractivity contribution is 0.00685. The minimum Gasteiger partial charge on any atom is -0.507 e. The molecule has 0 aliphatic heterocycles. The third-order valence-electron chi connectivity index (χ3n) is 3.52. The highest BCUT2D eigenvalue weighted by atomic mass is 16.6. The first-order valence-corrected chi connectivity index (χ1v) is 7.50. The SMILES string of the molecule is Cc1cc(C(=O)OC(C)(C)C)c(C)n1-c1ccc(O)c(C(=O)O)c1. The van der Waals surface area contributed by atoms with Crippen molar-refractivity contribution in [2.24, 2.45) is 0 Å². The van der Waals surface area contributed by atoms with Gasteiger partial charge in [-0.2, -0.15) is 0 Å². The van der Waals surface area contributed by atoms with E-state index in [1.807, 2.05) is 6.92 Å². The maximum atomic E-state index is 12.3. The Bertz CT molecular complexity index is 812. The molecule has 0 bridgehead atoms. The van der Waals surface area contributed by atoms with Gasteiger partial charge in [-0.05, 0) is 58.9 Å². The fourth-order valence-corrected chi connectivity index (χ4v) is 2.53. The molecule has 128 valence electrons. The summed E-state index contributed by atoms with van der Waals surface area (Å²) in [4.78, 5) is 23.5. The molecule has 0 radical (unpaired) electrons. The van der Waals surface area contributed by atoms with E-state index in [1.165, 1.54) is 12.1 Å². The smallest absolute Gasteiger partial charge is 0.340 e. The van der Waals surface area contributed by atoms with Crippen LogP contribution >= 0.6 is 0 Å². The van der Waals surface area contributed by atoms with Crippen LogP contribution < -0.4 is 0 Å². The standard InChI is InChI=1S/C18H21NO5/c1-10-8-13(17(23)24-18(3,4)5)11(2)19(10)12-6-7-15(20)14(9-12)16(21)22/h6-9,20H,1-5H3,(H,21,22). The van der Waals surface area contributed by atoms with Crippen molar-refractivity contribution < 1.29 is 24.5 Å². The molecular weight excluding hydrogens is 310 g/mol. The van der Waals surface area contributed by atoms with Gasteiger partial charge in [-0.15, -0.1) is 0 Å². The van der Waals surface area contributed by atoms with Gasteiger partial charge in [0.05, 0.1) is 5.56 Å². The van der Waals surface area contributed by atoms with E-state index in [4.69, 9.17) is 9.84 Å². The molecule has 6 heteroatoms. The van der Waals surface area contributed by atoms with E-state index in [9.17, 15) is 14.7 Å². The number of aromatic nitrogens is 1. The van der Waals surface area contributed by atoms with Gasteiger partial charge in [0.25, 0.3) is 0 Å². The monoisotopic (exact) mass is 331 g/mol. The fraction of sp³-hybridized carbons (Fsp3) is 0.333. The maximum absolute atomic E-state index is 12.3. The van der Waals surface area contributed by atoms with Gasteiger partial charge >= 0.3 is 11.9 Å². The summed E-state index contributed by atoms with van der Waals surface area (Å²) in [6, 6.07) is 6.00. The van der Waals surface area contributed by atoms with Gasteiger partial charge < -0.3 is 19.5 Å². The Morgan fingerprint density at radius 2 is 1.71 bits per heavy atom. The Hall–Kier alpha value is -2.76. The van der Waals surface area contributed by atoms with E-state index in [0.29, 0.717) is 16.9 Å². The summed E-state index contributed by atoms with van der Waals surface area (Å²) in [5.74, 6) is -1.95. The lowest BCUT2D eigenvalue weighted by Crippen LogP contribution is -2.24. The first-order chi connectivity index (χ1) is 11.0. The lowest BCUT2D eigenvalue weighted by atomic mass is 10.1. The van der Waals surface area contributed by atoms with Crippen LogP contribution in [0.2, 0.25) is 0 Å². The average Bonchev–Trinajstić information content (AvgIpc) is 2.73. The van der Waals surface area contributed by atoms with Crippen LogP contribution in [-0.2, 0) is 4.74 Å². The van der Waals surface area contributed by atoms with Crippen LogP contribution in [0.3, 0.4) is 0 Å². The molecule has 0 fully saturated rings. The number of carbonyl (C=O) groups is 2. The zero-order valence-electron chi connectivity index (χ0n) is 14.4. The van der Waals surface area contributed by atoms with Crippen LogP contribution in [0.5, 0.6) is 5.75 Å². The number of phenols is 1. The second-order valence-electron chi connectivity index (χ2n) is 6.63. The highest BCUT2D eigenvalue weighted by Crippen LogP contribution is 2.26. The van der Waals surface area contributed by atoms with E-state index < -0.39 is 17.5 Å². The van der Waals surface area contributed by atoms with Crippen LogP contribution in [0.1, 0.15) is 52.9 Å². The Labute approximate surface area is 140 Å². The third kappa shape index (κ3) is 3.42. The summed E-state index contributed by atoms with van der Waals surface area (Å²) >= 11 is 0. The molecule has 1 aromatic carbocycles. The molecule has 24 heavy (non-hydrogen) atoms. The molecule has 2 rings (SSSR count). The Morgan fingerprint density at radius 3 is 2.25 bits per heavy atom. The molecule has 0 unspecified atom stereocenters. The Kier molecular flexibility index (Phi) is 4.42. The van der Waals surface area contributed by atoms with Crippen molar-refractivity contribution in [2.75, 3.05) is 0 Å². The summed E-state index contributed by atoms with van der Waals surface area (Å²) in [5, 5.41) is 18.8. The van der Waals surface area contributed by atoms with Gasteiger partial charge in [0, 0.05) is 17.1 Å². The van der Waals surface area contributed by atoms with Crippen LogP contribution in [0.4, 0.5) is 0 Å². The summed E-state index contributed by atoms with van der Waals surface area (Å²) in [5.41, 5.74) is 1.58. The summed E-state index contributed by atoms with van der Waals surface area (Å²) < 4.78 is 7.16. The van der Waals surface area contributed by atoms with Crippen molar-refractivity contribution in [3.8, 4) is 11.4 Å². The fourth-order valence-electron chi connectivity index (χ4n) is 2.53. The number of aryl methyl sites for hydroxylation is 1. The second kappa shape index (κ2) is 6.03. The van der Waals surface area contributed by atoms with Crippen molar-refractivity contribution in [2.45, 2.75) is 40.2 Å². The van der Waals surface area contributed by atoms with Crippen LogP contribution in [0, 0.1) is 13.8 Å². The van der Waals surface area contributed by atoms with Gasteiger partial charge in [-0.25, -0.2) is 9.59 Å². The van der Waals surface area contributed by atoms with E-state index in [1.54, 1.807) is 44.4 Å². The van der Waals surface area contributed by atoms with Gasteiger partial charge in [0.2, 0.25) is 0 Å². The van der Waals surface area contributed by atoms with Crippen LogP contribution in [-0.4, -0.2) is 32.3 Å². The Morgan fingerprint density at radius 1 is 1.08 bits per heavy atom. The topological polar surface area (TPSA) is 88.8 Å². The summed E-state index contributed by atoms with van der Waals surface area (Å²) in [6.45, 7) is 8.96. The van der Waals surface area contributed by atoms with Gasteiger partial charge in [-0.3, -0.25) is 0 Å². The number of rotatable bonds is 3. The highest BCUT2D eigenvalue weighted by molar-refractivity contribution is 5.93. The summed E-state index contributed by atoms with van der Waals surface area (Å²) in [7, 11) is 0. The summed E-state index contributed by atoms with van der Waals surface area (Å²) in [6.07, 6.45) is 0. The van der Waals surface area contributed by atoms with Crippen molar-refractivity contribution in [1.29, 1.82) is 0 Å². The van der Waals surface area contributed by atoms with Crippen molar-refractivity contribution in [3.63, 3.8) is 0 Å². The number of nitrogens with zero attached hydrogens (tertiary/aromatic N) is 1. The molecule has 2 N–H and O–H groups in total. The number of carboxylic acid groups (broad SMARTS) is 1. The molecule has 2 aromatic rings. The van der Waals surface area contributed by atoms with E-state index >= 15 is 0 Å². The molecule has 0 atom stereocenters. The predicted molar refractivity (Wildman–Crippen MR) is 89.0 cm³/mol. The number of carboxylic acids is 1. The molecule has 6 nitrogen and oxygen atoms in total. The lowest BCUT2D eigenvalue weighted by Gasteiger charge is -2.19. The van der Waals surface area contributed by atoms with Gasteiger partial charge in [-0.1, -0.05) is 0 Å². The minimum absolute atomic E-state index is 0.196. The van der Waals surface area contributed by atoms with E-state index in [2.05, 4.69) is 0 Å². The third-order valence-corrected chi connectivity index (χ3v) is 3.52. The van der Waals surface area contributed by atoms with Crippen LogP contribution in [0.15, 0.2) is 24.3 Å². The quantitative estimate of drug-likeness (QED) is 0.841. The van der Waals surface area contributed by atoms with Gasteiger partial charge in [0.15, 0.2) is 0 Å². The molecule has 0 aliphatic rings. The molecule has 1 heterocycles. The number of hydrogen-bond acceptors (Lipinski definition) is 4. The molecular formula is C18H21NO5. The number of benzene rings is 1. The second-order valence-corrected chi connectivity index (χ2v) is 6.63. The molecule has 0 saturated heterocycles. The molecule has 0 saturated carbocycles. The first-order valence-electron chi connectivity index (χ1n) is 7.50. The predicted octanol–water partition coefficient (Wildman–Crippen LogP) is 3.45. The normalized spacial score (nSPS) is 11.4. The molecule has 0 amide bonds. The molecule has 0 spiro atoms. The minimum atomic E-state index is -1.22. The van der Waals surface area contributed by atoms with E-state index in [-0.39, 0.29) is 11.3 Å². The Balaban J connectivity index is 2.52. The number of carbonyl (C=O) groups excluding carboxylic acids is 1. The number of ether oxygens (including phenoxy) is 1. The van der Waals surface area contributed by atoms with E-state index in [0.717, 1.165) is 5.69 Å². The molecule has 1 aromatic heterocycles. The van der Waals surface area contributed by atoms with Crippen molar-refractivity contribution in [1.82, 2.24) is 4.57 Å². The van der Waals surface area contributed by atoms with Gasteiger partial charge in [0.1, 0.15) is 16.9 Å². The zero-order chi connectivity index (χ0) is 18.2. The van der Waals surface area contributed by atoms with Crippen LogP contribution in [0.25, 0.3) is 5.69 Å².